The Labute approximate surface area is 121 Å². The summed E-state index contributed by atoms with van der Waals surface area (Å²) in [6.45, 7) is 3.52. The monoisotopic (exact) mass is 279 g/mol. The van der Waals surface area contributed by atoms with Gasteiger partial charge in [0.15, 0.2) is 0 Å². The summed E-state index contributed by atoms with van der Waals surface area (Å²) in [5.74, 6) is 0.302. The molecule has 5 nitrogen and oxygen atoms in total. The van der Waals surface area contributed by atoms with Crippen molar-refractivity contribution in [2.75, 3.05) is 27.2 Å². The third-order valence-corrected chi connectivity index (χ3v) is 3.10. The van der Waals surface area contributed by atoms with Crippen molar-refractivity contribution in [3.05, 3.63) is 29.8 Å². The summed E-state index contributed by atoms with van der Waals surface area (Å²) < 4.78 is 0. The molecule has 0 aliphatic heterocycles. The first kappa shape index (κ1) is 16.3. The molecule has 3 N–H and O–H groups in total. The SMILES string of the molecule is CC(CCc1ccc(O)cc1)NCCNC(=O)N(C)C. The van der Waals surface area contributed by atoms with Gasteiger partial charge in [0, 0.05) is 33.2 Å². The van der Waals surface area contributed by atoms with Crippen molar-refractivity contribution in [3.8, 4) is 5.75 Å². The first-order valence-electron chi connectivity index (χ1n) is 6.95. The van der Waals surface area contributed by atoms with Crippen LogP contribution in [0.3, 0.4) is 0 Å². The van der Waals surface area contributed by atoms with Crippen molar-refractivity contribution in [3.63, 3.8) is 0 Å². The maximum atomic E-state index is 11.3. The molecule has 0 saturated heterocycles. The van der Waals surface area contributed by atoms with Crippen molar-refractivity contribution in [2.24, 2.45) is 0 Å². The lowest BCUT2D eigenvalue weighted by atomic mass is 10.1. The molecule has 0 radical (unpaired) electrons. The van der Waals surface area contributed by atoms with Crippen molar-refractivity contribution < 1.29 is 9.90 Å². The highest BCUT2D eigenvalue weighted by atomic mass is 16.3. The summed E-state index contributed by atoms with van der Waals surface area (Å²) in [5, 5.41) is 15.4. The van der Waals surface area contributed by atoms with Crippen LogP contribution in [0.4, 0.5) is 4.79 Å². The second-order valence-corrected chi connectivity index (χ2v) is 5.19. The van der Waals surface area contributed by atoms with Gasteiger partial charge in [-0.15, -0.1) is 0 Å². The number of nitrogens with zero attached hydrogens (tertiary/aromatic N) is 1. The van der Waals surface area contributed by atoms with Crippen LogP contribution in [0.5, 0.6) is 5.75 Å². The summed E-state index contributed by atoms with van der Waals surface area (Å²) >= 11 is 0. The molecule has 0 aliphatic rings. The summed E-state index contributed by atoms with van der Waals surface area (Å²) in [7, 11) is 3.45. The van der Waals surface area contributed by atoms with Crippen LogP contribution >= 0.6 is 0 Å². The topological polar surface area (TPSA) is 64.6 Å². The molecular formula is C15H25N3O2. The number of phenols is 1. The van der Waals surface area contributed by atoms with Gasteiger partial charge in [-0.3, -0.25) is 0 Å². The maximum absolute atomic E-state index is 11.3. The first-order chi connectivity index (χ1) is 9.49. The molecule has 0 bridgehead atoms. The molecule has 1 aromatic rings. The van der Waals surface area contributed by atoms with Crippen LogP contribution in [-0.2, 0) is 6.42 Å². The predicted octanol–water partition coefficient (Wildman–Crippen LogP) is 1.57. The normalized spacial score (nSPS) is 11.9. The smallest absolute Gasteiger partial charge is 0.316 e. The van der Waals surface area contributed by atoms with E-state index in [1.54, 1.807) is 26.2 Å². The van der Waals surface area contributed by atoms with Gasteiger partial charge in [0.05, 0.1) is 0 Å². The number of benzene rings is 1. The van der Waals surface area contributed by atoms with E-state index < -0.39 is 0 Å². The minimum Gasteiger partial charge on any atom is -0.508 e. The molecule has 5 heteroatoms. The standard InChI is InChI=1S/C15H25N3O2/c1-12(16-10-11-17-15(20)18(2)3)4-5-13-6-8-14(19)9-7-13/h6-9,12,16,19H,4-5,10-11H2,1-3H3,(H,17,20). The van der Waals surface area contributed by atoms with Crippen LogP contribution in [0.25, 0.3) is 0 Å². The quantitative estimate of drug-likeness (QED) is 0.664. The predicted molar refractivity (Wildman–Crippen MR) is 81.0 cm³/mol. The molecule has 1 aromatic carbocycles. The van der Waals surface area contributed by atoms with Crippen LogP contribution in [-0.4, -0.2) is 49.3 Å². The molecule has 1 rings (SSSR count). The van der Waals surface area contributed by atoms with Crippen molar-refractivity contribution >= 4 is 6.03 Å². The lowest BCUT2D eigenvalue weighted by Crippen LogP contribution is -2.40. The Hall–Kier alpha value is -1.75. The van der Waals surface area contributed by atoms with Crippen LogP contribution < -0.4 is 10.6 Å². The van der Waals surface area contributed by atoms with E-state index in [4.69, 9.17) is 0 Å². The van der Waals surface area contributed by atoms with E-state index in [0.717, 1.165) is 19.4 Å². The number of aryl methyl sites for hydroxylation is 1. The zero-order valence-corrected chi connectivity index (χ0v) is 12.5. The Bertz CT molecular complexity index is 404. The van der Waals surface area contributed by atoms with Gasteiger partial charge in [0.2, 0.25) is 0 Å². The summed E-state index contributed by atoms with van der Waals surface area (Å²) in [4.78, 5) is 12.8. The van der Waals surface area contributed by atoms with Gasteiger partial charge < -0.3 is 20.6 Å². The molecule has 112 valence electrons. The molecule has 2 amide bonds. The number of aromatic hydroxyl groups is 1. The number of phenolic OH excluding ortho intramolecular Hbond substituents is 1. The van der Waals surface area contributed by atoms with Gasteiger partial charge in [-0.05, 0) is 37.5 Å². The Balaban J connectivity index is 2.13. The van der Waals surface area contributed by atoms with Crippen molar-refractivity contribution in [1.29, 1.82) is 0 Å². The molecule has 0 aliphatic carbocycles. The summed E-state index contributed by atoms with van der Waals surface area (Å²) in [5.41, 5.74) is 1.22. The third kappa shape index (κ3) is 6.43. The highest BCUT2D eigenvalue weighted by molar-refractivity contribution is 5.73. The van der Waals surface area contributed by atoms with Crippen LogP contribution in [0.15, 0.2) is 24.3 Å². The lowest BCUT2D eigenvalue weighted by Gasteiger charge is -2.15. The highest BCUT2D eigenvalue weighted by Crippen LogP contribution is 2.11. The second kappa shape index (κ2) is 8.43. The molecule has 0 aromatic heterocycles. The number of urea groups is 1. The zero-order chi connectivity index (χ0) is 15.0. The second-order valence-electron chi connectivity index (χ2n) is 5.19. The van der Waals surface area contributed by atoms with Crippen LogP contribution in [0.1, 0.15) is 18.9 Å². The van der Waals surface area contributed by atoms with Crippen LogP contribution in [0, 0.1) is 0 Å². The van der Waals surface area contributed by atoms with Gasteiger partial charge in [0.1, 0.15) is 5.75 Å². The molecule has 0 spiro atoms. The molecular weight excluding hydrogens is 254 g/mol. The number of carbonyl (C=O) groups is 1. The molecule has 0 saturated carbocycles. The largest absolute Gasteiger partial charge is 0.508 e. The van der Waals surface area contributed by atoms with E-state index in [1.807, 2.05) is 12.1 Å². The molecule has 0 heterocycles. The van der Waals surface area contributed by atoms with Gasteiger partial charge in [0.25, 0.3) is 0 Å². The minimum absolute atomic E-state index is 0.0662. The molecule has 1 atom stereocenters. The van der Waals surface area contributed by atoms with E-state index in [0.29, 0.717) is 18.3 Å². The molecule has 1 unspecified atom stereocenters. The number of amides is 2. The Morgan fingerprint density at radius 1 is 1.25 bits per heavy atom. The average molecular weight is 279 g/mol. The lowest BCUT2D eigenvalue weighted by molar-refractivity contribution is 0.217. The van der Waals surface area contributed by atoms with E-state index in [2.05, 4.69) is 17.6 Å². The van der Waals surface area contributed by atoms with E-state index in [-0.39, 0.29) is 6.03 Å². The number of hydrogen-bond donors (Lipinski definition) is 3. The highest BCUT2D eigenvalue weighted by Gasteiger charge is 2.04. The number of carbonyl (C=O) groups excluding carboxylic acids is 1. The van der Waals surface area contributed by atoms with Gasteiger partial charge in [-0.25, -0.2) is 4.79 Å². The van der Waals surface area contributed by atoms with Gasteiger partial charge in [-0.1, -0.05) is 12.1 Å². The minimum atomic E-state index is -0.0662. The summed E-state index contributed by atoms with van der Waals surface area (Å²) in [6.07, 6.45) is 1.99. The Morgan fingerprint density at radius 2 is 1.90 bits per heavy atom. The van der Waals surface area contributed by atoms with Crippen molar-refractivity contribution in [2.45, 2.75) is 25.8 Å². The van der Waals surface area contributed by atoms with E-state index in [9.17, 15) is 9.90 Å². The fourth-order valence-corrected chi connectivity index (χ4v) is 1.79. The number of nitrogens with one attached hydrogen (secondary N) is 2. The number of rotatable bonds is 7. The maximum Gasteiger partial charge on any atom is 0.316 e. The molecule has 20 heavy (non-hydrogen) atoms. The fraction of sp³-hybridized carbons (Fsp3) is 0.533. The Kier molecular flexibility index (Phi) is 6.87. The van der Waals surface area contributed by atoms with Crippen molar-refractivity contribution in [1.82, 2.24) is 15.5 Å². The fourth-order valence-electron chi connectivity index (χ4n) is 1.79. The van der Waals surface area contributed by atoms with Gasteiger partial charge >= 0.3 is 6.03 Å². The third-order valence-electron chi connectivity index (χ3n) is 3.10. The first-order valence-corrected chi connectivity index (χ1v) is 6.95. The van der Waals surface area contributed by atoms with Gasteiger partial charge in [-0.2, -0.15) is 0 Å². The zero-order valence-electron chi connectivity index (χ0n) is 12.5. The summed E-state index contributed by atoms with van der Waals surface area (Å²) in [6, 6.07) is 7.64. The van der Waals surface area contributed by atoms with E-state index >= 15 is 0 Å². The average Bonchev–Trinajstić information content (AvgIpc) is 2.42. The number of hydrogen-bond acceptors (Lipinski definition) is 3. The molecule has 0 fully saturated rings. The van der Waals surface area contributed by atoms with Crippen LogP contribution in [0.2, 0.25) is 0 Å². The Morgan fingerprint density at radius 3 is 2.50 bits per heavy atom. The van der Waals surface area contributed by atoms with E-state index in [1.165, 1.54) is 10.5 Å².